The van der Waals surface area contributed by atoms with E-state index in [1.54, 1.807) is 12.3 Å². The van der Waals surface area contributed by atoms with Crippen molar-refractivity contribution in [2.24, 2.45) is 0 Å². The summed E-state index contributed by atoms with van der Waals surface area (Å²) in [5.41, 5.74) is 0.0818. The third kappa shape index (κ3) is 3.12. The van der Waals surface area contributed by atoms with Gasteiger partial charge >= 0.3 is 0 Å². The predicted octanol–water partition coefficient (Wildman–Crippen LogP) is 2.44. The molecule has 7 heteroatoms. The molecule has 1 aliphatic carbocycles. The second-order valence-electron chi connectivity index (χ2n) is 6.80. The van der Waals surface area contributed by atoms with Crippen LogP contribution in [-0.2, 0) is 0 Å². The van der Waals surface area contributed by atoms with Gasteiger partial charge in [-0.2, -0.15) is 5.10 Å². The lowest BCUT2D eigenvalue weighted by molar-refractivity contribution is 0.524. The normalized spacial score (nSPS) is 16.0. The maximum absolute atomic E-state index is 12.8. The van der Waals surface area contributed by atoms with Crippen molar-refractivity contribution in [3.05, 3.63) is 62.9 Å². The van der Waals surface area contributed by atoms with Gasteiger partial charge in [0.2, 0.25) is 5.95 Å². The number of fused-ring (bicyclic) bond motifs is 1. The summed E-state index contributed by atoms with van der Waals surface area (Å²) in [7, 11) is 0. The van der Waals surface area contributed by atoms with Gasteiger partial charge in [-0.25, -0.2) is 9.67 Å². The Morgan fingerprint density at radius 3 is 2.81 bits per heavy atom. The van der Waals surface area contributed by atoms with E-state index in [9.17, 15) is 9.59 Å². The van der Waals surface area contributed by atoms with E-state index in [1.807, 2.05) is 25.1 Å². The van der Waals surface area contributed by atoms with Gasteiger partial charge in [0.05, 0.1) is 23.3 Å². The summed E-state index contributed by atoms with van der Waals surface area (Å²) in [6.45, 7) is 1.82. The van der Waals surface area contributed by atoms with Crippen LogP contribution in [0.5, 0.6) is 0 Å². The smallest absolute Gasteiger partial charge is 0.275 e. The molecule has 2 N–H and O–H groups in total. The molecular weight excluding hydrogens is 330 g/mol. The monoisotopic (exact) mass is 351 g/mol. The van der Waals surface area contributed by atoms with Gasteiger partial charge in [-0.05, 0) is 25.8 Å². The fraction of sp³-hybridized carbons (Fsp3) is 0.368. The van der Waals surface area contributed by atoms with E-state index in [0.29, 0.717) is 23.1 Å². The highest BCUT2D eigenvalue weighted by Gasteiger charge is 2.18. The fourth-order valence-electron chi connectivity index (χ4n) is 3.53. The summed E-state index contributed by atoms with van der Waals surface area (Å²) >= 11 is 0. The third-order valence-electron chi connectivity index (χ3n) is 4.97. The topological polar surface area (TPSA) is 92.7 Å². The molecule has 0 radical (unpaired) electrons. The van der Waals surface area contributed by atoms with E-state index >= 15 is 0 Å². The van der Waals surface area contributed by atoms with Crippen molar-refractivity contribution in [2.75, 3.05) is 5.32 Å². The van der Waals surface area contributed by atoms with Gasteiger partial charge in [0.1, 0.15) is 0 Å². The minimum absolute atomic E-state index is 0.192. The summed E-state index contributed by atoms with van der Waals surface area (Å²) in [5.74, 6) is 0.458. The Bertz CT molecular complexity index is 1050. The first-order valence-electron chi connectivity index (χ1n) is 8.96. The zero-order valence-electron chi connectivity index (χ0n) is 14.6. The van der Waals surface area contributed by atoms with Gasteiger partial charge in [0.25, 0.3) is 11.1 Å². The van der Waals surface area contributed by atoms with Gasteiger partial charge in [0.15, 0.2) is 0 Å². The summed E-state index contributed by atoms with van der Waals surface area (Å²) < 4.78 is 1.38. The number of H-pyrrole nitrogens is 1. The number of benzene rings is 1. The molecule has 1 aromatic carbocycles. The van der Waals surface area contributed by atoms with Crippen LogP contribution in [0.4, 0.5) is 5.95 Å². The molecule has 0 spiro atoms. The van der Waals surface area contributed by atoms with Crippen LogP contribution in [0.15, 0.2) is 46.1 Å². The number of nitrogens with one attached hydrogen (secondary N) is 2. The number of anilines is 1. The molecular formula is C19H21N5O2. The van der Waals surface area contributed by atoms with Crippen LogP contribution in [0, 0.1) is 0 Å². The van der Waals surface area contributed by atoms with Crippen molar-refractivity contribution < 1.29 is 0 Å². The highest BCUT2D eigenvalue weighted by atomic mass is 16.1. The predicted molar refractivity (Wildman–Crippen MR) is 101 cm³/mol. The maximum atomic E-state index is 12.8. The van der Waals surface area contributed by atoms with Crippen LogP contribution < -0.4 is 16.4 Å². The average molecular weight is 351 g/mol. The maximum Gasteiger partial charge on any atom is 0.275 e. The quantitative estimate of drug-likeness (QED) is 0.753. The average Bonchev–Trinajstić information content (AvgIpc) is 3.14. The number of hydrogen-bond acceptors (Lipinski definition) is 5. The van der Waals surface area contributed by atoms with Crippen LogP contribution in [0.25, 0.3) is 10.8 Å². The number of nitrogens with zero attached hydrogens (tertiary/aromatic N) is 3. The van der Waals surface area contributed by atoms with Gasteiger partial charge in [-0.15, -0.1) is 0 Å². The number of aromatic amines is 1. The second-order valence-corrected chi connectivity index (χ2v) is 6.80. The van der Waals surface area contributed by atoms with Crippen molar-refractivity contribution in [3.8, 4) is 0 Å². The molecule has 1 fully saturated rings. The van der Waals surface area contributed by atoms with Crippen LogP contribution >= 0.6 is 0 Å². The Morgan fingerprint density at radius 2 is 2.00 bits per heavy atom. The molecule has 7 nitrogen and oxygen atoms in total. The van der Waals surface area contributed by atoms with Crippen molar-refractivity contribution in [1.82, 2.24) is 19.7 Å². The first kappa shape index (κ1) is 16.5. The van der Waals surface area contributed by atoms with Gasteiger partial charge in [-0.3, -0.25) is 14.6 Å². The van der Waals surface area contributed by atoms with Crippen LogP contribution in [0.3, 0.4) is 0 Å². The molecule has 134 valence electrons. The Balaban J connectivity index is 1.70. The SMILES string of the molecule is C[C@@H](c1cc(=O)[nH]c(NC2CCCC2)n1)n1ncc2ccccc2c1=O. The zero-order valence-corrected chi connectivity index (χ0v) is 14.6. The second kappa shape index (κ2) is 6.74. The lowest BCUT2D eigenvalue weighted by atomic mass is 10.2. The van der Waals surface area contributed by atoms with E-state index in [0.717, 1.165) is 18.2 Å². The molecule has 2 heterocycles. The standard InChI is InChI=1S/C19H21N5O2/c1-12(24-18(26)15-9-5-2-6-13(15)11-20-24)16-10-17(25)23-19(22-16)21-14-7-3-4-8-14/h2,5-6,9-12,14H,3-4,7-8H2,1H3,(H2,21,22,23,25)/t12-/m0/s1. The molecule has 1 saturated carbocycles. The van der Waals surface area contributed by atoms with Crippen molar-refractivity contribution in [3.63, 3.8) is 0 Å². The molecule has 3 aromatic rings. The Hall–Kier alpha value is -2.96. The summed E-state index contributed by atoms with van der Waals surface area (Å²) in [6.07, 6.45) is 6.20. The van der Waals surface area contributed by atoms with Gasteiger partial charge in [0, 0.05) is 17.5 Å². The first-order valence-corrected chi connectivity index (χ1v) is 8.96. The zero-order chi connectivity index (χ0) is 18.1. The molecule has 0 amide bonds. The van der Waals surface area contributed by atoms with Gasteiger partial charge in [-0.1, -0.05) is 31.0 Å². The number of aromatic nitrogens is 4. The minimum atomic E-state index is -0.446. The number of hydrogen-bond donors (Lipinski definition) is 2. The molecule has 1 aliphatic rings. The van der Waals surface area contributed by atoms with E-state index in [4.69, 9.17) is 0 Å². The Morgan fingerprint density at radius 1 is 1.23 bits per heavy atom. The van der Waals surface area contributed by atoms with E-state index in [1.165, 1.54) is 23.6 Å². The molecule has 4 rings (SSSR count). The van der Waals surface area contributed by atoms with E-state index in [2.05, 4.69) is 20.4 Å². The summed E-state index contributed by atoms with van der Waals surface area (Å²) in [5, 5.41) is 8.97. The van der Waals surface area contributed by atoms with Crippen molar-refractivity contribution in [1.29, 1.82) is 0 Å². The first-order chi connectivity index (χ1) is 12.6. The van der Waals surface area contributed by atoms with Gasteiger partial charge < -0.3 is 5.32 Å². The number of rotatable bonds is 4. The highest BCUT2D eigenvalue weighted by Crippen LogP contribution is 2.21. The van der Waals surface area contributed by atoms with Crippen molar-refractivity contribution in [2.45, 2.75) is 44.7 Å². The fourth-order valence-corrected chi connectivity index (χ4v) is 3.53. The van der Waals surface area contributed by atoms with Crippen LogP contribution in [0.1, 0.15) is 44.3 Å². The van der Waals surface area contributed by atoms with E-state index in [-0.39, 0.29) is 11.1 Å². The molecule has 26 heavy (non-hydrogen) atoms. The highest BCUT2D eigenvalue weighted by molar-refractivity contribution is 5.80. The lowest BCUT2D eigenvalue weighted by Gasteiger charge is -2.16. The molecule has 0 aliphatic heterocycles. The van der Waals surface area contributed by atoms with Crippen LogP contribution in [0.2, 0.25) is 0 Å². The largest absolute Gasteiger partial charge is 0.353 e. The third-order valence-corrected chi connectivity index (χ3v) is 4.97. The molecule has 0 saturated heterocycles. The Labute approximate surface area is 150 Å². The van der Waals surface area contributed by atoms with Crippen molar-refractivity contribution >= 4 is 16.7 Å². The minimum Gasteiger partial charge on any atom is -0.353 e. The molecule has 0 bridgehead atoms. The molecule has 2 aromatic heterocycles. The molecule has 0 unspecified atom stereocenters. The Kier molecular flexibility index (Phi) is 4.28. The van der Waals surface area contributed by atoms with Crippen LogP contribution in [-0.4, -0.2) is 25.8 Å². The lowest BCUT2D eigenvalue weighted by Crippen LogP contribution is -2.28. The summed E-state index contributed by atoms with van der Waals surface area (Å²) in [6, 6.07) is 8.65. The summed E-state index contributed by atoms with van der Waals surface area (Å²) in [4.78, 5) is 32.1. The molecule has 1 atom stereocenters. The van der Waals surface area contributed by atoms with E-state index < -0.39 is 6.04 Å².